The Balaban J connectivity index is 1.81. The molecule has 1 heterocycles. The normalized spacial score (nSPS) is 16.1. The summed E-state index contributed by atoms with van der Waals surface area (Å²) in [5.41, 5.74) is 1.05. The van der Waals surface area contributed by atoms with Gasteiger partial charge in [-0.05, 0) is 63.2 Å². The van der Waals surface area contributed by atoms with Crippen LogP contribution in [0.4, 0.5) is 5.69 Å². The summed E-state index contributed by atoms with van der Waals surface area (Å²) in [4.78, 5) is 14.8. The van der Waals surface area contributed by atoms with Crippen molar-refractivity contribution in [2.24, 2.45) is 0 Å². The minimum absolute atomic E-state index is 0.129. The zero-order valence-electron chi connectivity index (χ0n) is 16.6. The van der Waals surface area contributed by atoms with Crippen LogP contribution in [-0.4, -0.2) is 70.9 Å². The van der Waals surface area contributed by atoms with Gasteiger partial charge in [-0.25, -0.2) is 0 Å². The summed E-state index contributed by atoms with van der Waals surface area (Å²) in [6.07, 6.45) is 6.14. The van der Waals surface area contributed by atoms with Gasteiger partial charge in [-0.2, -0.15) is 12.7 Å². The number of rotatable bonds is 8. The number of amides is 1. The van der Waals surface area contributed by atoms with Gasteiger partial charge in [0.25, 0.3) is 5.91 Å². The van der Waals surface area contributed by atoms with E-state index in [1.807, 2.05) is 0 Å². The Kier molecular flexibility index (Phi) is 8.07. The number of hydrogen-bond donors (Lipinski definition) is 1. The van der Waals surface area contributed by atoms with Crippen LogP contribution in [-0.2, 0) is 10.2 Å². The maximum absolute atomic E-state index is 12.3. The van der Waals surface area contributed by atoms with Gasteiger partial charge in [-0.15, -0.1) is 0 Å². The quantitative estimate of drug-likeness (QED) is 0.682. The highest BCUT2D eigenvalue weighted by Crippen LogP contribution is 2.18. The average molecular weight is 397 g/mol. The minimum Gasteiger partial charge on any atom is -0.352 e. The molecular weight excluding hydrogens is 364 g/mol. The number of likely N-dealkylation sites (tertiary alicyclic amines) is 1. The van der Waals surface area contributed by atoms with Gasteiger partial charge in [0.1, 0.15) is 0 Å². The monoisotopic (exact) mass is 396 g/mol. The van der Waals surface area contributed by atoms with Crippen LogP contribution >= 0.6 is 0 Å². The Hall–Kier alpha value is -1.64. The zero-order chi connectivity index (χ0) is 19.9. The lowest BCUT2D eigenvalue weighted by Crippen LogP contribution is -2.37. The third-order valence-corrected chi connectivity index (χ3v) is 6.76. The van der Waals surface area contributed by atoms with E-state index in [9.17, 15) is 13.2 Å². The zero-order valence-corrected chi connectivity index (χ0v) is 17.5. The Labute approximate surface area is 163 Å². The molecule has 0 saturated carbocycles. The Bertz CT molecular complexity index is 696. The third-order valence-electron chi connectivity index (χ3n) is 4.94. The molecule has 2 rings (SSSR count). The first-order valence-corrected chi connectivity index (χ1v) is 11.0. The van der Waals surface area contributed by atoms with E-state index in [1.54, 1.807) is 24.3 Å². The second kappa shape index (κ2) is 10.1. The summed E-state index contributed by atoms with van der Waals surface area (Å²) >= 11 is 0. The summed E-state index contributed by atoms with van der Waals surface area (Å²) in [5, 5.41) is 2.95. The van der Waals surface area contributed by atoms with Gasteiger partial charge in [-0.3, -0.25) is 9.10 Å². The molecule has 1 aromatic carbocycles. The molecule has 1 aromatic rings. The number of hydrogen-bond acceptors (Lipinski definition) is 4. The molecule has 0 aliphatic carbocycles. The van der Waals surface area contributed by atoms with Crippen molar-refractivity contribution >= 4 is 21.8 Å². The van der Waals surface area contributed by atoms with Crippen LogP contribution in [0.15, 0.2) is 24.3 Å². The smallest absolute Gasteiger partial charge is 0.303 e. The fourth-order valence-corrected chi connectivity index (χ4v) is 4.05. The molecule has 8 heteroatoms. The molecule has 1 aliphatic rings. The minimum atomic E-state index is -3.53. The van der Waals surface area contributed by atoms with E-state index in [2.05, 4.69) is 10.2 Å². The Morgan fingerprint density at radius 3 is 2.19 bits per heavy atom. The van der Waals surface area contributed by atoms with Crippen molar-refractivity contribution in [2.45, 2.75) is 32.1 Å². The predicted octanol–water partition coefficient (Wildman–Crippen LogP) is 1.93. The molecule has 0 spiro atoms. The molecule has 1 aliphatic heterocycles. The van der Waals surface area contributed by atoms with E-state index in [0.717, 1.165) is 17.3 Å². The maximum atomic E-state index is 12.3. The first-order valence-electron chi connectivity index (χ1n) is 9.59. The van der Waals surface area contributed by atoms with Gasteiger partial charge in [0.05, 0.1) is 5.69 Å². The predicted molar refractivity (Wildman–Crippen MR) is 109 cm³/mol. The molecule has 0 aromatic heterocycles. The fraction of sp³-hybridized carbons (Fsp3) is 0.632. The van der Waals surface area contributed by atoms with Crippen molar-refractivity contribution in [3.63, 3.8) is 0 Å². The highest BCUT2D eigenvalue weighted by Gasteiger charge is 2.21. The summed E-state index contributed by atoms with van der Waals surface area (Å²) in [6.45, 7) is 4.00. The Morgan fingerprint density at radius 1 is 1.04 bits per heavy atom. The topological polar surface area (TPSA) is 73.0 Å². The average Bonchev–Trinajstić information content (AvgIpc) is 2.93. The van der Waals surface area contributed by atoms with E-state index in [1.165, 1.54) is 64.2 Å². The van der Waals surface area contributed by atoms with Gasteiger partial charge in [0, 0.05) is 33.3 Å². The van der Waals surface area contributed by atoms with E-state index in [4.69, 9.17) is 0 Å². The summed E-state index contributed by atoms with van der Waals surface area (Å²) in [7, 11) is 0.932. The van der Waals surface area contributed by atoms with Gasteiger partial charge in [-0.1, -0.05) is 12.8 Å². The molecule has 0 radical (unpaired) electrons. The third kappa shape index (κ3) is 6.19. The lowest BCUT2D eigenvalue weighted by molar-refractivity contribution is 0.0951. The Morgan fingerprint density at radius 2 is 1.63 bits per heavy atom. The van der Waals surface area contributed by atoms with Crippen molar-refractivity contribution < 1.29 is 13.2 Å². The standard InChI is InChI=1S/C19H32N4O3S/c1-21(2)27(25,26)22(3)18-11-9-17(10-12-18)19(24)20-13-8-16-23-14-6-4-5-7-15-23/h9-12H,4-8,13-16H2,1-3H3,(H,20,24). The van der Waals surface area contributed by atoms with Crippen molar-refractivity contribution in [1.29, 1.82) is 0 Å². The van der Waals surface area contributed by atoms with Crippen LogP contribution in [0.2, 0.25) is 0 Å². The van der Waals surface area contributed by atoms with Crippen LogP contribution in [0.5, 0.6) is 0 Å². The van der Waals surface area contributed by atoms with E-state index in [0.29, 0.717) is 17.8 Å². The van der Waals surface area contributed by atoms with Crippen LogP contribution in [0.25, 0.3) is 0 Å². The van der Waals surface area contributed by atoms with Crippen molar-refractivity contribution in [1.82, 2.24) is 14.5 Å². The molecule has 1 amide bonds. The number of nitrogens with one attached hydrogen (secondary N) is 1. The van der Waals surface area contributed by atoms with Gasteiger partial charge < -0.3 is 10.2 Å². The van der Waals surface area contributed by atoms with Crippen LogP contribution in [0.1, 0.15) is 42.5 Å². The highest BCUT2D eigenvalue weighted by atomic mass is 32.2. The first kappa shape index (κ1) is 21.7. The largest absolute Gasteiger partial charge is 0.352 e. The molecule has 0 bridgehead atoms. The molecule has 1 fully saturated rings. The number of carbonyl (C=O) groups excluding carboxylic acids is 1. The van der Waals surface area contributed by atoms with Gasteiger partial charge in [0.2, 0.25) is 0 Å². The van der Waals surface area contributed by atoms with E-state index in [-0.39, 0.29) is 5.91 Å². The van der Waals surface area contributed by atoms with Crippen LogP contribution < -0.4 is 9.62 Å². The molecule has 1 saturated heterocycles. The lowest BCUT2D eigenvalue weighted by atomic mass is 10.2. The van der Waals surface area contributed by atoms with Gasteiger partial charge in [0.15, 0.2) is 0 Å². The first-order chi connectivity index (χ1) is 12.8. The molecular formula is C19H32N4O3S. The molecule has 0 atom stereocenters. The van der Waals surface area contributed by atoms with E-state index < -0.39 is 10.2 Å². The summed E-state index contributed by atoms with van der Waals surface area (Å²) in [5.74, 6) is -0.129. The second-order valence-electron chi connectivity index (χ2n) is 7.17. The van der Waals surface area contributed by atoms with Crippen molar-refractivity contribution in [3.8, 4) is 0 Å². The van der Waals surface area contributed by atoms with E-state index >= 15 is 0 Å². The second-order valence-corrected chi connectivity index (χ2v) is 9.34. The number of carbonyl (C=O) groups is 1. The van der Waals surface area contributed by atoms with Gasteiger partial charge >= 0.3 is 10.2 Å². The number of benzene rings is 1. The molecule has 27 heavy (non-hydrogen) atoms. The number of anilines is 1. The lowest BCUT2D eigenvalue weighted by Gasteiger charge is -2.23. The highest BCUT2D eigenvalue weighted by molar-refractivity contribution is 7.90. The summed E-state index contributed by atoms with van der Waals surface area (Å²) in [6, 6.07) is 6.60. The van der Waals surface area contributed by atoms with Crippen LogP contribution in [0, 0.1) is 0 Å². The maximum Gasteiger partial charge on any atom is 0.303 e. The van der Waals surface area contributed by atoms with Crippen LogP contribution in [0.3, 0.4) is 0 Å². The summed E-state index contributed by atoms with van der Waals surface area (Å²) < 4.78 is 26.6. The fourth-order valence-electron chi connectivity index (χ4n) is 3.17. The molecule has 0 unspecified atom stereocenters. The van der Waals surface area contributed by atoms with Crippen molar-refractivity contribution in [3.05, 3.63) is 29.8 Å². The van der Waals surface area contributed by atoms with Crippen molar-refractivity contribution in [2.75, 3.05) is 51.6 Å². The SMILES string of the molecule is CN(C)S(=O)(=O)N(C)c1ccc(C(=O)NCCCN2CCCCCC2)cc1. The molecule has 7 nitrogen and oxygen atoms in total. The molecule has 152 valence electrons. The number of nitrogens with zero attached hydrogens (tertiary/aromatic N) is 3. The molecule has 1 N–H and O–H groups in total.